The molecule has 1 aromatic rings. The number of nitrogens with zero attached hydrogens (tertiary/aromatic N) is 2. The third kappa shape index (κ3) is 7.52. The molecule has 1 saturated heterocycles. The number of nitrogens with two attached hydrogens (primary N) is 1. The van der Waals surface area contributed by atoms with Gasteiger partial charge in [-0.3, -0.25) is 9.59 Å². The van der Waals surface area contributed by atoms with E-state index in [0.717, 1.165) is 5.69 Å². The van der Waals surface area contributed by atoms with E-state index >= 15 is 0 Å². The molecule has 1 aliphatic heterocycles. The van der Waals surface area contributed by atoms with Crippen LogP contribution in [-0.2, 0) is 9.59 Å². The highest BCUT2D eigenvalue weighted by Gasteiger charge is 2.22. The van der Waals surface area contributed by atoms with Crippen LogP contribution in [0.2, 0.25) is 0 Å². The van der Waals surface area contributed by atoms with E-state index in [9.17, 15) is 14.0 Å². The van der Waals surface area contributed by atoms with Crippen molar-refractivity contribution in [2.45, 2.75) is 26.3 Å². The second kappa shape index (κ2) is 12.0. The second-order valence-corrected chi connectivity index (χ2v) is 6.53. The fraction of sp³-hybridized carbons (Fsp3) is 0.556. The van der Waals surface area contributed by atoms with Gasteiger partial charge in [0.2, 0.25) is 11.8 Å². The fourth-order valence-electron chi connectivity index (χ4n) is 2.72. The average molecular weight is 423 g/mol. The molecule has 27 heavy (non-hydrogen) atoms. The zero-order valence-electron chi connectivity index (χ0n) is 15.7. The van der Waals surface area contributed by atoms with Gasteiger partial charge in [0.1, 0.15) is 5.82 Å². The fourth-order valence-corrected chi connectivity index (χ4v) is 2.72. The minimum atomic E-state index is -0.269. The molecule has 3 N–H and O–H groups in total. The van der Waals surface area contributed by atoms with Gasteiger partial charge in [-0.1, -0.05) is 6.92 Å². The van der Waals surface area contributed by atoms with Crippen LogP contribution in [0.4, 0.5) is 10.1 Å². The van der Waals surface area contributed by atoms with E-state index in [4.69, 9.17) is 5.73 Å². The van der Waals surface area contributed by atoms with Crippen LogP contribution in [-0.4, -0.2) is 55.5 Å². The number of hydrogen-bond donors (Lipinski definition) is 2. The summed E-state index contributed by atoms with van der Waals surface area (Å²) in [7, 11) is 0. The van der Waals surface area contributed by atoms with Crippen LogP contribution in [0.5, 0.6) is 0 Å². The van der Waals surface area contributed by atoms with E-state index in [0.29, 0.717) is 32.7 Å². The molecule has 2 atom stereocenters. The monoisotopic (exact) mass is 422 g/mol. The van der Waals surface area contributed by atoms with Crippen molar-refractivity contribution in [1.29, 1.82) is 0 Å². The van der Waals surface area contributed by atoms with Crippen molar-refractivity contribution in [1.82, 2.24) is 10.2 Å². The molecule has 0 radical (unpaired) electrons. The smallest absolute Gasteiger partial charge is 0.224 e. The molecule has 6 nitrogen and oxygen atoms in total. The topological polar surface area (TPSA) is 78.7 Å². The van der Waals surface area contributed by atoms with Gasteiger partial charge in [-0.25, -0.2) is 4.39 Å². The summed E-state index contributed by atoms with van der Waals surface area (Å²) in [6.07, 6.45) is 0.286. The molecule has 1 aromatic carbocycles. The Morgan fingerprint density at radius 1 is 1.11 bits per heavy atom. The van der Waals surface area contributed by atoms with Crippen molar-refractivity contribution in [2.24, 2.45) is 11.7 Å². The van der Waals surface area contributed by atoms with Crippen LogP contribution in [0.3, 0.4) is 0 Å². The maximum absolute atomic E-state index is 13.0. The first kappa shape index (κ1) is 25.4. The van der Waals surface area contributed by atoms with E-state index in [1.807, 2.05) is 0 Å². The lowest BCUT2D eigenvalue weighted by molar-refractivity contribution is -0.131. The highest BCUT2D eigenvalue weighted by Crippen LogP contribution is 2.17. The van der Waals surface area contributed by atoms with E-state index in [-0.39, 0.29) is 60.8 Å². The van der Waals surface area contributed by atoms with Gasteiger partial charge < -0.3 is 20.9 Å². The van der Waals surface area contributed by atoms with Crippen molar-refractivity contribution >= 4 is 42.3 Å². The number of hydrogen-bond acceptors (Lipinski definition) is 4. The van der Waals surface area contributed by atoms with Crippen LogP contribution in [0.1, 0.15) is 20.3 Å². The van der Waals surface area contributed by atoms with Gasteiger partial charge in [0, 0.05) is 56.8 Å². The third-order valence-electron chi connectivity index (χ3n) is 4.66. The number of carbonyl (C=O) groups excluding carboxylic acids is 2. The number of halogens is 3. The number of amides is 2. The molecule has 1 aliphatic rings. The number of nitrogens with one attached hydrogen (secondary N) is 1. The summed E-state index contributed by atoms with van der Waals surface area (Å²) < 4.78 is 13.0. The number of piperazine rings is 1. The standard InChI is InChI=1S/C18H27FN4O2.2ClH/c1-13(14(2)20)18(25)21-8-7-17(24)23-11-9-22(10-12-23)16-5-3-15(19)4-6-16;;/h3-6,13-14H,7-12,20H2,1-2H3,(H,21,25);2*1H. The Morgan fingerprint density at radius 3 is 2.19 bits per heavy atom. The maximum atomic E-state index is 13.0. The van der Waals surface area contributed by atoms with Gasteiger partial charge in [0.05, 0.1) is 0 Å². The third-order valence-corrected chi connectivity index (χ3v) is 4.66. The molecule has 0 bridgehead atoms. The molecule has 0 spiro atoms. The first-order chi connectivity index (χ1) is 11.9. The van der Waals surface area contributed by atoms with Gasteiger partial charge in [0.25, 0.3) is 0 Å². The Balaban J connectivity index is 0.00000338. The summed E-state index contributed by atoms with van der Waals surface area (Å²) >= 11 is 0. The lowest BCUT2D eigenvalue weighted by atomic mass is 10.0. The van der Waals surface area contributed by atoms with Gasteiger partial charge in [-0.15, -0.1) is 24.8 Å². The lowest BCUT2D eigenvalue weighted by Crippen LogP contribution is -2.49. The molecule has 2 unspecified atom stereocenters. The van der Waals surface area contributed by atoms with Crippen LogP contribution in [0.25, 0.3) is 0 Å². The Labute approximate surface area is 172 Å². The lowest BCUT2D eigenvalue weighted by Gasteiger charge is -2.36. The predicted octanol–water partition coefficient (Wildman–Crippen LogP) is 1.81. The number of benzene rings is 1. The first-order valence-corrected chi connectivity index (χ1v) is 8.70. The van der Waals surface area contributed by atoms with E-state index in [1.54, 1.807) is 30.9 Å². The molecular weight excluding hydrogens is 394 g/mol. The highest BCUT2D eigenvalue weighted by molar-refractivity contribution is 5.85. The van der Waals surface area contributed by atoms with Gasteiger partial charge >= 0.3 is 0 Å². The van der Waals surface area contributed by atoms with Crippen LogP contribution in [0, 0.1) is 11.7 Å². The molecule has 0 aromatic heterocycles. The number of rotatable bonds is 6. The molecule has 9 heteroatoms. The molecular formula is C18H29Cl2FN4O2. The van der Waals surface area contributed by atoms with Crippen molar-refractivity contribution in [3.05, 3.63) is 30.1 Å². The summed E-state index contributed by atoms with van der Waals surface area (Å²) in [6.45, 7) is 6.57. The van der Waals surface area contributed by atoms with Crippen molar-refractivity contribution in [2.75, 3.05) is 37.6 Å². The Hall–Kier alpha value is -1.57. The summed E-state index contributed by atoms with van der Waals surface area (Å²) in [5.41, 5.74) is 6.66. The summed E-state index contributed by atoms with van der Waals surface area (Å²) in [5.74, 6) is -0.608. The normalized spacial score (nSPS) is 15.9. The average Bonchev–Trinajstić information content (AvgIpc) is 2.61. The quantitative estimate of drug-likeness (QED) is 0.732. The zero-order chi connectivity index (χ0) is 18.4. The van der Waals surface area contributed by atoms with E-state index in [2.05, 4.69) is 10.2 Å². The maximum Gasteiger partial charge on any atom is 0.224 e. The summed E-state index contributed by atoms with van der Waals surface area (Å²) in [4.78, 5) is 28.0. The Bertz CT molecular complexity index is 594. The largest absolute Gasteiger partial charge is 0.368 e. The van der Waals surface area contributed by atoms with Crippen molar-refractivity contribution in [3.63, 3.8) is 0 Å². The van der Waals surface area contributed by atoms with Crippen LogP contribution in [0.15, 0.2) is 24.3 Å². The van der Waals surface area contributed by atoms with Gasteiger partial charge in [0.15, 0.2) is 0 Å². The zero-order valence-corrected chi connectivity index (χ0v) is 17.3. The number of anilines is 1. The predicted molar refractivity (Wildman–Crippen MR) is 110 cm³/mol. The SMILES string of the molecule is CC(N)C(C)C(=O)NCCC(=O)N1CCN(c2ccc(F)cc2)CC1.Cl.Cl. The minimum absolute atomic E-state index is 0. The highest BCUT2D eigenvalue weighted by atomic mass is 35.5. The summed E-state index contributed by atoms with van der Waals surface area (Å²) in [6, 6.07) is 6.18. The Morgan fingerprint density at radius 2 is 1.67 bits per heavy atom. The molecule has 2 amide bonds. The summed E-state index contributed by atoms with van der Waals surface area (Å²) in [5, 5.41) is 2.76. The van der Waals surface area contributed by atoms with Gasteiger partial charge in [-0.05, 0) is 31.2 Å². The number of carbonyl (C=O) groups is 2. The molecule has 154 valence electrons. The van der Waals surface area contributed by atoms with Crippen LogP contribution < -0.4 is 16.0 Å². The molecule has 1 heterocycles. The van der Waals surface area contributed by atoms with E-state index < -0.39 is 0 Å². The van der Waals surface area contributed by atoms with Crippen molar-refractivity contribution in [3.8, 4) is 0 Å². The molecule has 0 aliphatic carbocycles. The minimum Gasteiger partial charge on any atom is -0.368 e. The van der Waals surface area contributed by atoms with Crippen molar-refractivity contribution < 1.29 is 14.0 Å². The van der Waals surface area contributed by atoms with Gasteiger partial charge in [-0.2, -0.15) is 0 Å². The molecule has 1 fully saturated rings. The van der Waals surface area contributed by atoms with E-state index in [1.165, 1.54) is 12.1 Å². The first-order valence-electron chi connectivity index (χ1n) is 8.70. The second-order valence-electron chi connectivity index (χ2n) is 6.53. The molecule has 0 saturated carbocycles. The Kier molecular flexibility index (Phi) is 11.3. The molecule has 2 rings (SSSR count). The van der Waals surface area contributed by atoms with Crippen LogP contribution >= 0.6 is 24.8 Å².